The molecule has 0 radical (unpaired) electrons. The summed E-state index contributed by atoms with van der Waals surface area (Å²) in [6.45, 7) is 4.62. The fourth-order valence-corrected chi connectivity index (χ4v) is 2.92. The highest BCUT2D eigenvalue weighted by atomic mass is 16.8. The summed E-state index contributed by atoms with van der Waals surface area (Å²) in [4.78, 5) is 0. The summed E-state index contributed by atoms with van der Waals surface area (Å²) < 4.78 is 22.6. The van der Waals surface area contributed by atoms with E-state index in [2.05, 4.69) is 0 Å². The molecule has 1 unspecified atom stereocenters. The van der Waals surface area contributed by atoms with Crippen molar-refractivity contribution in [1.29, 1.82) is 0 Å². The Morgan fingerprint density at radius 1 is 1.05 bits per heavy atom. The van der Waals surface area contributed by atoms with E-state index in [9.17, 15) is 5.11 Å². The summed E-state index contributed by atoms with van der Waals surface area (Å²) in [5.74, 6) is -0.569. The zero-order valence-corrected chi connectivity index (χ0v) is 12.1. The average Bonchev–Trinajstić information content (AvgIpc) is 2.83. The third kappa shape index (κ3) is 3.67. The monoisotopic (exact) mass is 274 g/mol. The van der Waals surface area contributed by atoms with E-state index < -0.39 is 5.79 Å². The molecule has 0 amide bonds. The van der Waals surface area contributed by atoms with Gasteiger partial charge in [0.2, 0.25) is 0 Å². The molecule has 2 heterocycles. The summed E-state index contributed by atoms with van der Waals surface area (Å²) in [6, 6.07) is 0. The Hall–Kier alpha value is -0.200. The van der Waals surface area contributed by atoms with E-state index in [1.165, 1.54) is 0 Å². The number of unbranched alkanes of at least 4 members (excludes halogenated alkanes) is 2. The molecule has 5 nitrogen and oxygen atoms in total. The number of hydrogen-bond donors (Lipinski definition) is 1. The second-order valence-electron chi connectivity index (χ2n) is 5.80. The van der Waals surface area contributed by atoms with Gasteiger partial charge in [-0.2, -0.15) is 0 Å². The smallest absolute Gasteiger partial charge is 0.164 e. The van der Waals surface area contributed by atoms with Crippen LogP contribution in [-0.2, 0) is 18.9 Å². The molecule has 1 N–H and O–H groups in total. The molecule has 19 heavy (non-hydrogen) atoms. The van der Waals surface area contributed by atoms with Crippen LogP contribution in [0.15, 0.2) is 0 Å². The summed E-state index contributed by atoms with van der Waals surface area (Å²) in [5, 5.41) is 9.37. The van der Waals surface area contributed by atoms with E-state index in [1.54, 1.807) is 7.11 Å². The number of ether oxygens (including phenoxy) is 4. The molecule has 2 rings (SSSR count). The van der Waals surface area contributed by atoms with Crippen molar-refractivity contribution < 1.29 is 24.1 Å². The first-order valence-electron chi connectivity index (χ1n) is 7.18. The molecule has 0 spiro atoms. The molecule has 112 valence electrons. The minimum absolute atomic E-state index is 0.0131. The molecular weight excluding hydrogens is 248 g/mol. The highest BCUT2D eigenvalue weighted by Crippen LogP contribution is 2.39. The molecule has 0 aromatic carbocycles. The number of fused-ring (bicyclic) bond motifs is 1. The maximum Gasteiger partial charge on any atom is 0.164 e. The summed E-state index contributed by atoms with van der Waals surface area (Å²) in [6.07, 6.45) is 3.82. The van der Waals surface area contributed by atoms with Crippen molar-refractivity contribution >= 4 is 0 Å². The normalized spacial score (nSPS) is 36.6. The summed E-state index contributed by atoms with van der Waals surface area (Å²) in [7, 11) is 1.72. The van der Waals surface area contributed by atoms with Crippen LogP contribution in [0.1, 0.15) is 39.5 Å². The lowest BCUT2D eigenvalue weighted by Crippen LogP contribution is -2.31. The van der Waals surface area contributed by atoms with Crippen LogP contribution < -0.4 is 0 Å². The first-order chi connectivity index (χ1) is 9.07. The summed E-state index contributed by atoms with van der Waals surface area (Å²) >= 11 is 0. The number of aliphatic hydroxyl groups excluding tert-OH is 1. The number of methoxy groups -OCH3 is 1. The molecule has 0 bridgehead atoms. The van der Waals surface area contributed by atoms with Crippen LogP contribution in [0.25, 0.3) is 0 Å². The standard InChI is InChI=1S/C14H26O5/c1-14(2)18-12-10(7-5-4-6-8-16-3)17-11(9-15)13(12)19-14/h10-13,15H,4-9H2,1-3H3/t10?,11-,12+,13-/m1/s1. The molecule has 0 aromatic heterocycles. The first kappa shape index (κ1) is 15.2. The van der Waals surface area contributed by atoms with Crippen LogP contribution >= 0.6 is 0 Å². The van der Waals surface area contributed by atoms with Crippen molar-refractivity contribution in [1.82, 2.24) is 0 Å². The highest BCUT2D eigenvalue weighted by Gasteiger charge is 2.54. The fourth-order valence-electron chi connectivity index (χ4n) is 2.92. The van der Waals surface area contributed by atoms with Crippen LogP contribution in [0.4, 0.5) is 0 Å². The Labute approximate surface area is 115 Å². The Kier molecular flexibility index (Phi) is 5.20. The van der Waals surface area contributed by atoms with Crippen LogP contribution in [0, 0.1) is 0 Å². The van der Waals surface area contributed by atoms with E-state index in [4.69, 9.17) is 18.9 Å². The lowest BCUT2D eigenvalue weighted by molar-refractivity contribution is -0.190. The van der Waals surface area contributed by atoms with Crippen molar-refractivity contribution in [3.05, 3.63) is 0 Å². The molecular formula is C14H26O5. The van der Waals surface area contributed by atoms with Gasteiger partial charge >= 0.3 is 0 Å². The molecule has 2 saturated heterocycles. The molecule has 0 saturated carbocycles. The minimum Gasteiger partial charge on any atom is -0.394 e. The van der Waals surface area contributed by atoms with Crippen LogP contribution in [0.2, 0.25) is 0 Å². The molecule has 0 aliphatic carbocycles. The van der Waals surface area contributed by atoms with E-state index in [0.717, 1.165) is 32.3 Å². The Balaban J connectivity index is 1.81. The van der Waals surface area contributed by atoms with E-state index in [0.29, 0.717) is 0 Å². The number of rotatable bonds is 7. The van der Waals surface area contributed by atoms with E-state index in [-0.39, 0.29) is 31.0 Å². The van der Waals surface area contributed by atoms with Gasteiger partial charge < -0.3 is 24.1 Å². The van der Waals surface area contributed by atoms with Gasteiger partial charge in [-0.05, 0) is 26.7 Å². The van der Waals surface area contributed by atoms with Gasteiger partial charge in [0.1, 0.15) is 18.3 Å². The minimum atomic E-state index is -0.569. The van der Waals surface area contributed by atoms with Crippen LogP contribution in [0.3, 0.4) is 0 Å². The third-order valence-electron chi connectivity index (χ3n) is 3.76. The van der Waals surface area contributed by atoms with Gasteiger partial charge in [-0.15, -0.1) is 0 Å². The Morgan fingerprint density at radius 2 is 1.74 bits per heavy atom. The van der Waals surface area contributed by atoms with Gasteiger partial charge in [0.25, 0.3) is 0 Å². The Morgan fingerprint density at radius 3 is 2.37 bits per heavy atom. The van der Waals surface area contributed by atoms with Crippen molar-refractivity contribution in [3.63, 3.8) is 0 Å². The van der Waals surface area contributed by atoms with E-state index in [1.807, 2.05) is 13.8 Å². The molecule has 2 aliphatic rings. The second-order valence-corrected chi connectivity index (χ2v) is 5.80. The zero-order chi connectivity index (χ0) is 13.9. The van der Waals surface area contributed by atoms with Gasteiger partial charge in [-0.3, -0.25) is 0 Å². The molecule has 2 fully saturated rings. The lowest BCUT2D eigenvalue weighted by Gasteiger charge is -2.23. The van der Waals surface area contributed by atoms with Gasteiger partial charge in [0.15, 0.2) is 5.79 Å². The predicted molar refractivity (Wildman–Crippen MR) is 69.9 cm³/mol. The maximum atomic E-state index is 9.37. The topological polar surface area (TPSA) is 57.2 Å². The predicted octanol–water partition coefficient (Wildman–Crippen LogP) is 1.47. The van der Waals surface area contributed by atoms with Crippen molar-refractivity contribution in [2.45, 2.75) is 69.7 Å². The fraction of sp³-hybridized carbons (Fsp3) is 1.00. The van der Waals surface area contributed by atoms with Gasteiger partial charge in [0.05, 0.1) is 12.7 Å². The Bertz CT molecular complexity index is 281. The van der Waals surface area contributed by atoms with Crippen molar-refractivity contribution in [2.75, 3.05) is 20.3 Å². The molecule has 5 heteroatoms. The zero-order valence-electron chi connectivity index (χ0n) is 12.1. The quantitative estimate of drug-likeness (QED) is 0.713. The average molecular weight is 274 g/mol. The van der Waals surface area contributed by atoms with E-state index >= 15 is 0 Å². The molecule has 4 atom stereocenters. The van der Waals surface area contributed by atoms with Crippen LogP contribution in [-0.4, -0.2) is 55.6 Å². The third-order valence-corrected chi connectivity index (χ3v) is 3.76. The van der Waals surface area contributed by atoms with Crippen molar-refractivity contribution in [3.8, 4) is 0 Å². The van der Waals surface area contributed by atoms with Gasteiger partial charge in [-0.1, -0.05) is 12.8 Å². The molecule has 0 aromatic rings. The molecule has 2 aliphatic heterocycles. The van der Waals surface area contributed by atoms with Gasteiger partial charge in [-0.25, -0.2) is 0 Å². The van der Waals surface area contributed by atoms with Gasteiger partial charge in [0, 0.05) is 13.7 Å². The van der Waals surface area contributed by atoms with Crippen molar-refractivity contribution in [2.24, 2.45) is 0 Å². The lowest BCUT2D eigenvalue weighted by atomic mass is 10.0. The van der Waals surface area contributed by atoms with Crippen LogP contribution in [0.5, 0.6) is 0 Å². The highest BCUT2D eigenvalue weighted by molar-refractivity contribution is 4.97. The first-order valence-corrected chi connectivity index (χ1v) is 7.18. The maximum absolute atomic E-state index is 9.37. The SMILES string of the molecule is COCCCCCC1O[C@H](CO)[C@H]2OC(C)(C)O[C@@H]12. The largest absolute Gasteiger partial charge is 0.394 e. The number of aliphatic hydroxyl groups is 1. The summed E-state index contributed by atoms with van der Waals surface area (Å²) in [5.41, 5.74) is 0. The second kappa shape index (κ2) is 6.50. The number of hydrogen-bond acceptors (Lipinski definition) is 5.